The van der Waals surface area contributed by atoms with Crippen LogP contribution in [0.2, 0.25) is 0 Å². The number of amides is 1. The summed E-state index contributed by atoms with van der Waals surface area (Å²) in [7, 11) is 0. The molecule has 0 spiro atoms. The number of carbonyl (C=O) groups excluding carboxylic acids is 1. The molecule has 9 heteroatoms. The molecule has 0 saturated carbocycles. The number of thioether (sulfide) groups is 1. The van der Waals surface area contributed by atoms with Gasteiger partial charge in [-0.25, -0.2) is 4.39 Å². The van der Waals surface area contributed by atoms with Crippen LogP contribution in [0.25, 0.3) is 0 Å². The zero-order valence-electron chi connectivity index (χ0n) is 14.0. The largest absolute Gasteiger partial charge is 0.467 e. The lowest BCUT2D eigenvalue weighted by molar-refractivity contribution is -0.116. The molecule has 1 aromatic carbocycles. The third-order valence-corrected chi connectivity index (χ3v) is 5.47. The summed E-state index contributed by atoms with van der Waals surface area (Å²) in [6, 6.07) is 9.59. The summed E-state index contributed by atoms with van der Waals surface area (Å²) < 4.78 is 19.0. The number of anilines is 2. The van der Waals surface area contributed by atoms with Gasteiger partial charge < -0.3 is 14.6 Å². The van der Waals surface area contributed by atoms with E-state index in [1.165, 1.54) is 35.2 Å². The summed E-state index contributed by atoms with van der Waals surface area (Å²) in [5.74, 6) is 0.653. The Bertz CT molecular complexity index is 837. The third-order valence-electron chi connectivity index (χ3n) is 3.48. The second kappa shape index (κ2) is 8.81. The van der Waals surface area contributed by atoms with Crippen LogP contribution < -0.4 is 10.2 Å². The number of carbonyl (C=O) groups is 1. The highest BCUT2D eigenvalue weighted by Crippen LogP contribution is 2.26. The van der Waals surface area contributed by atoms with Crippen LogP contribution in [-0.2, 0) is 11.3 Å². The van der Waals surface area contributed by atoms with Crippen molar-refractivity contribution in [2.75, 3.05) is 22.5 Å². The fourth-order valence-electron chi connectivity index (χ4n) is 2.24. The number of furan rings is 1. The van der Waals surface area contributed by atoms with E-state index in [-0.39, 0.29) is 17.5 Å². The van der Waals surface area contributed by atoms with Crippen molar-refractivity contribution < 1.29 is 13.6 Å². The van der Waals surface area contributed by atoms with Gasteiger partial charge in [0, 0.05) is 12.2 Å². The van der Waals surface area contributed by atoms with Crippen molar-refractivity contribution in [2.24, 2.45) is 0 Å². The Morgan fingerprint density at radius 3 is 2.81 bits per heavy atom. The molecule has 0 unspecified atom stereocenters. The van der Waals surface area contributed by atoms with Crippen LogP contribution in [0.4, 0.5) is 15.2 Å². The average Bonchev–Trinajstić information content (AvgIpc) is 3.32. The normalized spacial score (nSPS) is 10.7. The minimum atomic E-state index is -0.324. The average molecular weight is 392 g/mol. The monoisotopic (exact) mass is 392 g/mol. The lowest BCUT2D eigenvalue weighted by Gasteiger charge is -2.20. The summed E-state index contributed by atoms with van der Waals surface area (Å²) in [6.07, 6.45) is 1.62. The Hall–Kier alpha value is -2.39. The van der Waals surface area contributed by atoms with Crippen LogP contribution in [0.5, 0.6) is 0 Å². The number of hydrogen-bond donors (Lipinski definition) is 1. The fourth-order valence-corrected chi connectivity index (χ4v) is 3.86. The molecule has 0 radical (unpaired) electrons. The highest BCUT2D eigenvalue weighted by molar-refractivity contribution is 8.01. The number of halogens is 1. The molecule has 0 atom stereocenters. The lowest BCUT2D eigenvalue weighted by Crippen LogP contribution is -2.32. The van der Waals surface area contributed by atoms with Crippen LogP contribution in [0, 0.1) is 5.82 Å². The van der Waals surface area contributed by atoms with E-state index in [9.17, 15) is 9.18 Å². The maximum Gasteiger partial charge on any atom is 0.237 e. The number of nitrogens with zero attached hydrogens (tertiary/aromatic N) is 3. The smallest absolute Gasteiger partial charge is 0.237 e. The van der Waals surface area contributed by atoms with E-state index >= 15 is 0 Å². The molecule has 1 amide bonds. The van der Waals surface area contributed by atoms with E-state index in [0.29, 0.717) is 28.2 Å². The van der Waals surface area contributed by atoms with E-state index in [1.54, 1.807) is 23.3 Å². The first-order chi connectivity index (χ1) is 12.7. The van der Waals surface area contributed by atoms with Crippen molar-refractivity contribution in [1.29, 1.82) is 0 Å². The van der Waals surface area contributed by atoms with E-state index in [2.05, 4.69) is 15.5 Å². The molecule has 136 valence electrons. The molecule has 0 bridgehead atoms. The predicted molar refractivity (Wildman–Crippen MR) is 101 cm³/mol. The van der Waals surface area contributed by atoms with E-state index < -0.39 is 0 Å². The lowest BCUT2D eigenvalue weighted by atomic mass is 10.3. The molecule has 3 rings (SSSR count). The van der Waals surface area contributed by atoms with Crippen LogP contribution in [0.15, 0.2) is 51.4 Å². The van der Waals surface area contributed by atoms with Crippen molar-refractivity contribution in [3.8, 4) is 0 Å². The minimum absolute atomic E-state index is 0.0654. The molecule has 3 aromatic rings. The molecule has 26 heavy (non-hydrogen) atoms. The number of aromatic nitrogens is 2. The Morgan fingerprint density at radius 1 is 1.31 bits per heavy atom. The predicted octanol–water partition coefficient (Wildman–Crippen LogP) is 4.03. The second-order valence-corrected chi connectivity index (χ2v) is 7.41. The van der Waals surface area contributed by atoms with E-state index in [1.807, 2.05) is 19.1 Å². The quantitative estimate of drug-likeness (QED) is 0.584. The summed E-state index contributed by atoms with van der Waals surface area (Å²) in [5, 5.41) is 11.9. The molecule has 0 aliphatic rings. The van der Waals surface area contributed by atoms with Crippen LogP contribution in [0.1, 0.15) is 12.7 Å². The molecule has 2 aromatic heterocycles. The van der Waals surface area contributed by atoms with Gasteiger partial charge in [0.05, 0.1) is 18.6 Å². The first kappa shape index (κ1) is 18.4. The van der Waals surface area contributed by atoms with Gasteiger partial charge in [0.25, 0.3) is 0 Å². The van der Waals surface area contributed by atoms with Crippen molar-refractivity contribution in [3.05, 3.63) is 54.2 Å². The summed E-state index contributed by atoms with van der Waals surface area (Å²) in [5.41, 5.74) is 0.678. The highest BCUT2D eigenvalue weighted by Gasteiger charge is 2.16. The highest BCUT2D eigenvalue weighted by atomic mass is 32.2. The zero-order valence-corrected chi connectivity index (χ0v) is 15.6. The van der Waals surface area contributed by atoms with Crippen LogP contribution in [0.3, 0.4) is 0 Å². The van der Waals surface area contributed by atoms with Gasteiger partial charge in [-0.2, -0.15) is 0 Å². The van der Waals surface area contributed by atoms with Crippen LogP contribution in [-0.4, -0.2) is 28.4 Å². The van der Waals surface area contributed by atoms with E-state index in [4.69, 9.17) is 4.42 Å². The first-order valence-corrected chi connectivity index (χ1v) is 9.74. The summed E-state index contributed by atoms with van der Waals surface area (Å²) >= 11 is 2.71. The standard InChI is InChI=1S/C17H17FN4O2S2/c1-2-22(13-7-5-12(18)6-8-13)15(23)11-25-17-21-20-16(26-17)19-10-14-4-3-9-24-14/h3-9H,2,10-11H2,1H3,(H,19,20). The SMILES string of the molecule is CCN(C(=O)CSc1nnc(NCc2ccco2)s1)c1ccc(F)cc1. The van der Waals surface area contributed by atoms with Gasteiger partial charge in [-0.1, -0.05) is 23.1 Å². The first-order valence-electron chi connectivity index (χ1n) is 7.94. The Kier molecular flexibility index (Phi) is 6.24. The molecule has 0 aliphatic heterocycles. The van der Waals surface area contributed by atoms with Crippen molar-refractivity contribution in [3.63, 3.8) is 0 Å². The van der Waals surface area contributed by atoms with E-state index in [0.717, 1.165) is 5.76 Å². The maximum atomic E-state index is 13.0. The molecule has 2 heterocycles. The van der Waals surface area contributed by atoms with Gasteiger partial charge in [-0.05, 0) is 43.3 Å². The Labute approximate surface area is 158 Å². The topological polar surface area (TPSA) is 71.3 Å². The number of rotatable bonds is 8. The Morgan fingerprint density at radius 2 is 2.12 bits per heavy atom. The summed E-state index contributed by atoms with van der Waals surface area (Å²) in [6.45, 7) is 2.92. The zero-order chi connectivity index (χ0) is 18.4. The van der Waals surface area contributed by atoms with Crippen LogP contribution >= 0.6 is 23.1 Å². The van der Waals surface area contributed by atoms with Crippen molar-refractivity contribution in [1.82, 2.24) is 10.2 Å². The maximum absolute atomic E-state index is 13.0. The van der Waals surface area contributed by atoms with Gasteiger partial charge >= 0.3 is 0 Å². The van der Waals surface area contributed by atoms with Crippen molar-refractivity contribution in [2.45, 2.75) is 17.8 Å². The molecule has 6 nitrogen and oxygen atoms in total. The molecular formula is C17H17FN4O2S2. The molecule has 0 fully saturated rings. The molecule has 1 N–H and O–H groups in total. The van der Waals surface area contributed by atoms with Gasteiger partial charge in [-0.3, -0.25) is 4.79 Å². The van der Waals surface area contributed by atoms with Gasteiger partial charge in [0.2, 0.25) is 11.0 Å². The number of hydrogen-bond acceptors (Lipinski definition) is 7. The van der Waals surface area contributed by atoms with Gasteiger partial charge in [-0.15, -0.1) is 10.2 Å². The fraction of sp³-hybridized carbons (Fsp3) is 0.235. The van der Waals surface area contributed by atoms with Crippen molar-refractivity contribution >= 4 is 39.8 Å². The number of nitrogens with one attached hydrogen (secondary N) is 1. The van der Waals surface area contributed by atoms with Gasteiger partial charge in [0.15, 0.2) is 4.34 Å². The molecule has 0 saturated heterocycles. The summed E-state index contributed by atoms with van der Waals surface area (Å²) in [4.78, 5) is 14.1. The second-order valence-electron chi connectivity index (χ2n) is 5.21. The molecular weight excluding hydrogens is 375 g/mol. The third kappa shape index (κ3) is 4.83. The minimum Gasteiger partial charge on any atom is -0.467 e. The molecule has 0 aliphatic carbocycles. The van der Waals surface area contributed by atoms with Gasteiger partial charge in [0.1, 0.15) is 11.6 Å². The number of benzene rings is 1. The Balaban J connectivity index is 1.52.